The molecular weight excluding hydrogens is 295 g/mol. The molecule has 1 aliphatic rings. The van der Waals surface area contributed by atoms with Crippen LogP contribution in [-0.2, 0) is 14.6 Å². The Hall–Kier alpha value is -1.47. The highest BCUT2D eigenvalue weighted by molar-refractivity contribution is 7.92. The number of halogens is 1. The van der Waals surface area contributed by atoms with E-state index in [9.17, 15) is 17.6 Å². The van der Waals surface area contributed by atoms with E-state index >= 15 is 0 Å². The van der Waals surface area contributed by atoms with Crippen LogP contribution in [-0.4, -0.2) is 43.6 Å². The highest BCUT2D eigenvalue weighted by Gasteiger charge is 2.30. The van der Waals surface area contributed by atoms with E-state index in [-0.39, 0.29) is 23.3 Å². The zero-order chi connectivity index (χ0) is 15.6. The molecule has 116 valence electrons. The molecule has 1 aromatic rings. The van der Waals surface area contributed by atoms with E-state index in [1.54, 1.807) is 4.90 Å². The van der Waals surface area contributed by atoms with Crippen molar-refractivity contribution in [3.05, 3.63) is 30.1 Å². The SMILES string of the molecule is C[C@H](CC(=O)N1CC[C@H](N)C1)S(=O)(=O)c1ccc(F)cc1. The Bertz CT molecular complexity index is 616. The van der Waals surface area contributed by atoms with Crippen LogP contribution in [0.4, 0.5) is 4.39 Å². The average molecular weight is 314 g/mol. The Morgan fingerprint density at radius 1 is 1.43 bits per heavy atom. The lowest BCUT2D eigenvalue weighted by molar-refractivity contribution is -0.130. The Balaban J connectivity index is 2.06. The van der Waals surface area contributed by atoms with Crippen LogP contribution in [0.5, 0.6) is 0 Å². The molecule has 0 saturated carbocycles. The quantitative estimate of drug-likeness (QED) is 0.839. The summed E-state index contributed by atoms with van der Waals surface area (Å²) in [6.45, 7) is 2.54. The maximum atomic E-state index is 12.9. The number of amides is 1. The molecule has 1 aromatic carbocycles. The summed E-state index contributed by atoms with van der Waals surface area (Å²) < 4.78 is 37.5. The van der Waals surface area contributed by atoms with Crippen LogP contribution in [0.1, 0.15) is 19.8 Å². The first-order chi connectivity index (χ1) is 9.80. The van der Waals surface area contributed by atoms with Crippen molar-refractivity contribution in [3.8, 4) is 0 Å². The van der Waals surface area contributed by atoms with E-state index in [4.69, 9.17) is 5.73 Å². The van der Waals surface area contributed by atoms with Crippen molar-refractivity contribution in [3.63, 3.8) is 0 Å². The third-order valence-electron chi connectivity index (χ3n) is 3.71. The third-order valence-corrected chi connectivity index (χ3v) is 5.87. The number of rotatable bonds is 4. The van der Waals surface area contributed by atoms with Crippen molar-refractivity contribution in [2.24, 2.45) is 5.73 Å². The van der Waals surface area contributed by atoms with Crippen molar-refractivity contribution in [1.29, 1.82) is 0 Å². The Labute approximate surface area is 123 Å². The fourth-order valence-electron chi connectivity index (χ4n) is 2.36. The molecule has 1 heterocycles. The molecule has 0 unspecified atom stereocenters. The van der Waals surface area contributed by atoms with E-state index in [2.05, 4.69) is 0 Å². The summed E-state index contributed by atoms with van der Waals surface area (Å²) in [6.07, 6.45) is 0.650. The van der Waals surface area contributed by atoms with Crippen LogP contribution >= 0.6 is 0 Å². The molecule has 2 N–H and O–H groups in total. The zero-order valence-corrected chi connectivity index (χ0v) is 12.6. The van der Waals surface area contributed by atoms with Crippen molar-refractivity contribution in [1.82, 2.24) is 4.90 Å². The second-order valence-corrected chi connectivity index (χ2v) is 7.77. The van der Waals surface area contributed by atoms with Crippen molar-refractivity contribution in [2.75, 3.05) is 13.1 Å². The van der Waals surface area contributed by atoms with Crippen molar-refractivity contribution >= 4 is 15.7 Å². The second-order valence-electron chi connectivity index (χ2n) is 5.40. The third kappa shape index (κ3) is 3.59. The van der Waals surface area contributed by atoms with Gasteiger partial charge in [0.1, 0.15) is 5.82 Å². The number of likely N-dealkylation sites (tertiary alicyclic amines) is 1. The summed E-state index contributed by atoms with van der Waals surface area (Å²) >= 11 is 0. The first kappa shape index (κ1) is 15.9. The van der Waals surface area contributed by atoms with Gasteiger partial charge in [0.05, 0.1) is 10.1 Å². The number of hydrogen-bond donors (Lipinski definition) is 1. The summed E-state index contributed by atoms with van der Waals surface area (Å²) in [5.74, 6) is -0.704. The highest BCUT2D eigenvalue weighted by Crippen LogP contribution is 2.20. The van der Waals surface area contributed by atoms with Crippen LogP contribution in [0.25, 0.3) is 0 Å². The molecule has 0 bridgehead atoms. The van der Waals surface area contributed by atoms with E-state index in [1.165, 1.54) is 19.1 Å². The summed E-state index contributed by atoms with van der Waals surface area (Å²) in [5.41, 5.74) is 5.74. The molecule has 1 aliphatic heterocycles. The van der Waals surface area contributed by atoms with Crippen LogP contribution in [0.2, 0.25) is 0 Å². The van der Waals surface area contributed by atoms with E-state index in [0.717, 1.165) is 18.6 Å². The normalized spacial score (nSPS) is 20.5. The summed E-state index contributed by atoms with van der Waals surface area (Å²) in [4.78, 5) is 13.7. The second kappa shape index (κ2) is 6.11. The molecule has 1 saturated heterocycles. The van der Waals surface area contributed by atoms with E-state index < -0.39 is 20.9 Å². The monoisotopic (exact) mass is 314 g/mol. The number of benzene rings is 1. The smallest absolute Gasteiger partial charge is 0.223 e. The standard InChI is InChI=1S/C14H19FN2O3S/c1-10(8-14(18)17-7-6-12(16)9-17)21(19,20)13-4-2-11(15)3-5-13/h2-5,10,12H,6-9,16H2,1H3/t10-,12+/m1/s1. The van der Waals surface area contributed by atoms with Gasteiger partial charge in [0.15, 0.2) is 9.84 Å². The molecule has 5 nitrogen and oxygen atoms in total. The molecule has 2 rings (SSSR count). The predicted octanol–water partition coefficient (Wildman–Crippen LogP) is 0.938. The van der Waals surface area contributed by atoms with Gasteiger partial charge in [0.25, 0.3) is 0 Å². The average Bonchev–Trinajstić information content (AvgIpc) is 2.86. The molecular formula is C14H19FN2O3S. The molecule has 1 amide bonds. The Kier molecular flexibility index (Phi) is 4.63. The molecule has 21 heavy (non-hydrogen) atoms. The first-order valence-corrected chi connectivity index (χ1v) is 8.38. The lowest BCUT2D eigenvalue weighted by atomic mass is 10.3. The molecule has 0 radical (unpaired) electrons. The van der Waals surface area contributed by atoms with Gasteiger partial charge in [-0.15, -0.1) is 0 Å². The number of nitrogens with two attached hydrogens (primary N) is 1. The number of carbonyl (C=O) groups is 1. The first-order valence-electron chi connectivity index (χ1n) is 6.83. The van der Waals surface area contributed by atoms with Crippen LogP contribution in [0.3, 0.4) is 0 Å². The zero-order valence-electron chi connectivity index (χ0n) is 11.8. The van der Waals surface area contributed by atoms with Gasteiger partial charge in [-0.1, -0.05) is 0 Å². The number of carbonyl (C=O) groups excluding carboxylic acids is 1. The van der Waals surface area contributed by atoms with Gasteiger partial charge in [-0.2, -0.15) is 0 Å². The maximum absolute atomic E-state index is 12.9. The predicted molar refractivity (Wildman–Crippen MR) is 76.8 cm³/mol. The van der Waals surface area contributed by atoms with Gasteiger partial charge in [-0.05, 0) is 37.6 Å². The fourth-order valence-corrected chi connectivity index (χ4v) is 3.70. The largest absolute Gasteiger partial charge is 0.341 e. The van der Waals surface area contributed by atoms with Crippen LogP contribution in [0.15, 0.2) is 29.2 Å². The number of nitrogens with zero attached hydrogens (tertiary/aromatic N) is 1. The van der Waals surface area contributed by atoms with Gasteiger partial charge < -0.3 is 10.6 Å². The van der Waals surface area contributed by atoms with Gasteiger partial charge in [0, 0.05) is 25.6 Å². The van der Waals surface area contributed by atoms with E-state index in [0.29, 0.717) is 13.1 Å². The number of sulfone groups is 1. The summed E-state index contributed by atoms with van der Waals surface area (Å²) in [6, 6.07) is 4.61. The van der Waals surface area contributed by atoms with Crippen molar-refractivity contribution < 1.29 is 17.6 Å². The molecule has 7 heteroatoms. The fraction of sp³-hybridized carbons (Fsp3) is 0.500. The lowest BCUT2D eigenvalue weighted by Gasteiger charge is -2.19. The lowest BCUT2D eigenvalue weighted by Crippen LogP contribution is -2.35. The summed E-state index contributed by atoms with van der Waals surface area (Å²) in [7, 11) is -3.64. The topological polar surface area (TPSA) is 80.5 Å². The molecule has 0 aromatic heterocycles. The molecule has 0 aliphatic carbocycles. The molecule has 0 spiro atoms. The van der Waals surface area contributed by atoms with Crippen LogP contribution < -0.4 is 5.73 Å². The number of hydrogen-bond acceptors (Lipinski definition) is 4. The highest BCUT2D eigenvalue weighted by atomic mass is 32.2. The van der Waals surface area contributed by atoms with Gasteiger partial charge in [0.2, 0.25) is 5.91 Å². The minimum atomic E-state index is -3.64. The van der Waals surface area contributed by atoms with Gasteiger partial charge in [-0.25, -0.2) is 12.8 Å². The Morgan fingerprint density at radius 3 is 2.57 bits per heavy atom. The van der Waals surface area contributed by atoms with E-state index in [1.807, 2.05) is 0 Å². The van der Waals surface area contributed by atoms with Gasteiger partial charge in [-0.3, -0.25) is 4.79 Å². The minimum Gasteiger partial charge on any atom is -0.341 e. The Morgan fingerprint density at radius 2 is 2.05 bits per heavy atom. The van der Waals surface area contributed by atoms with Crippen LogP contribution in [0, 0.1) is 5.82 Å². The minimum absolute atomic E-state index is 0.0297. The van der Waals surface area contributed by atoms with Crippen molar-refractivity contribution in [2.45, 2.75) is 36.0 Å². The van der Waals surface area contributed by atoms with Gasteiger partial charge >= 0.3 is 0 Å². The molecule has 2 atom stereocenters. The maximum Gasteiger partial charge on any atom is 0.223 e. The summed E-state index contributed by atoms with van der Waals surface area (Å²) in [5, 5.41) is -0.854. The molecule has 1 fully saturated rings.